The highest BCUT2D eigenvalue weighted by Crippen LogP contribution is 2.32. The minimum absolute atomic E-state index is 0.268. The van der Waals surface area contributed by atoms with Gasteiger partial charge >= 0.3 is 6.18 Å². The van der Waals surface area contributed by atoms with Crippen LogP contribution in [-0.4, -0.2) is 5.91 Å². The largest absolute Gasteiger partial charge is 0.416 e. The lowest BCUT2D eigenvalue weighted by atomic mass is 10.0. The molecular formula is C11H7F3N2O. The molecule has 0 unspecified atom stereocenters. The molecule has 3 nitrogen and oxygen atoms in total. The zero-order chi connectivity index (χ0) is 13.1. The Hall–Kier alpha value is -2.29. The molecule has 1 aromatic carbocycles. The number of alkyl halides is 3. The van der Waals surface area contributed by atoms with E-state index >= 15 is 0 Å². The number of rotatable bonds is 2. The summed E-state index contributed by atoms with van der Waals surface area (Å²) in [7, 11) is 0. The van der Waals surface area contributed by atoms with Crippen LogP contribution in [0.4, 0.5) is 13.2 Å². The second-order valence-electron chi connectivity index (χ2n) is 3.12. The van der Waals surface area contributed by atoms with Crippen LogP contribution < -0.4 is 5.73 Å². The average molecular weight is 240 g/mol. The van der Waals surface area contributed by atoms with Crippen molar-refractivity contribution in [2.45, 2.75) is 6.18 Å². The van der Waals surface area contributed by atoms with Crippen molar-refractivity contribution in [3.63, 3.8) is 0 Å². The summed E-state index contributed by atoms with van der Waals surface area (Å²) in [5.41, 5.74) is 3.13. The van der Waals surface area contributed by atoms with E-state index in [4.69, 9.17) is 11.0 Å². The van der Waals surface area contributed by atoms with Crippen molar-refractivity contribution in [3.8, 4) is 6.07 Å². The van der Waals surface area contributed by atoms with Crippen LogP contribution in [0.15, 0.2) is 29.8 Å². The van der Waals surface area contributed by atoms with Gasteiger partial charge in [0.25, 0.3) is 5.91 Å². The van der Waals surface area contributed by atoms with Crippen LogP contribution in [0.3, 0.4) is 0 Å². The highest BCUT2D eigenvalue weighted by molar-refractivity contribution is 6.00. The summed E-state index contributed by atoms with van der Waals surface area (Å²) in [6, 6.07) is 6.06. The smallest absolute Gasteiger partial charge is 0.365 e. The molecule has 2 N–H and O–H groups in total. The Labute approximate surface area is 95.0 Å². The number of carbonyl (C=O) groups excluding carboxylic acids is 1. The molecule has 0 bridgehead atoms. The molecule has 0 aromatic heterocycles. The summed E-state index contributed by atoms with van der Waals surface area (Å²) in [5.74, 6) is -1.07. The summed E-state index contributed by atoms with van der Waals surface area (Å²) in [6.45, 7) is 0. The summed E-state index contributed by atoms with van der Waals surface area (Å²) in [4.78, 5) is 10.7. The van der Waals surface area contributed by atoms with Gasteiger partial charge in [0, 0.05) is 0 Å². The molecule has 0 saturated carbocycles. The van der Waals surface area contributed by atoms with Crippen LogP contribution >= 0.6 is 0 Å². The van der Waals surface area contributed by atoms with Crippen molar-refractivity contribution in [2.75, 3.05) is 0 Å². The van der Waals surface area contributed by atoms with Crippen LogP contribution in [-0.2, 0) is 11.0 Å². The van der Waals surface area contributed by atoms with E-state index in [0.29, 0.717) is 0 Å². The zero-order valence-corrected chi connectivity index (χ0v) is 8.45. The quantitative estimate of drug-likeness (QED) is 0.635. The average Bonchev–Trinajstić information content (AvgIpc) is 2.24. The van der Waals surface area contributed by atoms with Crippen molar-refractivity contribution < 1.29 is 18.0 Å². The van der Waals surface area contributed by atoms with Gasteiger partial charge in [-0.2, -0.15) is 18.4 Å². The fraction of sp³-hybridized carbons (Fsp3) is 0.0909. The van der Waals surface area contributed by atoms with E-state index in [0.717, 1.165) is 18.2 Å². The number of nitrogens with two attached hydrogens (primary N) is 1. The van der Waals surface area contributed by atoms with Crippen LogP contribution in [0.2, 0.25) is 0 Å². The number of halogens is 3. The first-order valence-corrected chi connectivity index (χ1v) is 4.44. The van der Waals surface area contributed by atoms with E-state index in [9.17, 15) is 18.0 Å². The van der Waals surface area contributed by atoms with Crippen LogP contribution in [0.25, 0.3) is 6.08 Å². The Morgan fingerprint density at radius 1 is 1.35 bits per heavy atom. The maximum atomic E-state index is 12.6. The molecule has 1 amide bonds. The van der Waals surface area contributed by atoms with Crippen LogP contribution in [0.1, 0.15) is 11.1 Å². The normalized spacial score (nSPS) is 12.0. The molecule has 1 aromatic rings. The van der Waals surface area contributed by atoms with Gasteiger partial charge in [-0.1, -0.05) is 18.2 Å². The van der Waals surface area contributed by atoms with Gasteiger partial charge in [0.2, 0.25) is 0 Å². The van der Waals surface area contributed by atoms with E-state index in [1.54, 1.807) is 0 Å². The molecular weight excluding hydrogens is 233 g/mol. The highest BCUT2D eigenvalue weighted by atomic mass is 19.4. The molecule has 1 rings (SSSR count). The van der Waals surface area contributed by atoms with Gasteiger partial charge in [-0.25, -0.2) is 0 Å². The number of nitrogens with zero attached hydrogens (tertiary/aromatic N) is 1. The highest BCUT2D eigenvalue weighted by Gasteiger charge is 2.32. The second-order valence-corrected chi connectivity index (χ2v) is 3.12. The third kappa shape index (κ3) is 3.08. The Bertz CT molecular complexity index is 512. The first kappa shape index (κ1) is 12.8. The predicted octanol–water partition coefficient (Wildman–Crippen LogP) is 2.10. The fourth-order valence-electron chi connectivity index (χ4n) is 1.20. The molecule has 88 valence electrons. The van der Waals surface area contributed by atoms with Crippen molar-refractivity contribution >= 4 is 12.0 Å². The van der Waals surface area contributed by atoms with E-state index in [1.807, 2.05) is 0 Å². The first-order chi connectivity index (χ1) is 7.86. The van der Waals surface area contributed by atoms with E-state index in [2.05, 4.69) is 0 Å². The molecule has 0 spiro atoms. The van der Waals surface area contributed by atoms with Crippen LogP contribution in [0.5, 0.6) is 0 Å². The molecule has 17 heavy (non-hydrogen) atoms. The maximum absolute atomic E-state index is 12.6. The summed E-state index contributed by atoms with van der Waals surface area (Å²) >= 11 is 0. The lowest BCUT2D eigenvalue weighted by Crippen LogP contribution is -2.13. The van der Waals surface area contributed by atoms with Crippen molar-refractivity contribution in [2.24, 2.45) is 5.73 Å². The predicted molar refractivity (Wildman–Crippen MR) is 54.2 cm³/mol. The van der Waals surface area contributed by atoms with E-state index in [-0.39, 0.29) is 5.56 Å². The number of hydrogen-bond acceptors (Lipinski definition) is 2. The summed E-state index contributed by atoms with van der Waals surface area (Å²) < 4.78 is 37.7. The SMILES string of the molecule is N#C/C(=C\c1ccccc1C(F)(F)F)C(N)=O. The molecule has 0 radical (unpaired) electrons. The zero-order valence-electron chi connectivity index (χ0n) is 8.45. The van der Waals surface area contributed by atoms with Gasteiger partial charge in [0.15, 0.2) is 0 Å². The standard InChI is InChI=1S/C11H7F3N2O/c12-11(13,14)9-4-2-1-3-7(9)5-8(6-15)10(16)17/h1-5H,(H2,16,17)/b8-5+. The molecule has 0 heterocycles. The van der Waals surface area contributed by atoms with E-state index in [1.165, 1.54) is 18.2 Å². The summed E-state index contributed by atoms with van der Waals surface area (Å²) in [6.07, 6.45) is -3.73. The third-order valence-electron chi connectivity index (χ3n) is 1.95. The van der Waals surface area contributed by atoms with E-state index < -0.39 is 23.2 Å². The minimum atomic E-state index is -4.55. The summed E-state index contributed by atoms with van der Waals surface area (Å²) in [5, 5.41) is 8.55. The molecule has 0 aliphatic carbocycles. The second kappa shape index (κ2) is 4.70. The molecule has 0 aliphatic heterocycles. The number of benzene rings is 1. The van der Waals surface area contributed by atoms with Gasteiger partial charge in [-0.05, 0) is 17.7 Å². The van der Waals surface area contributed by atoms with Crippen molar-refractivity contribution in [1.82, 2.24) is 0 Å². The minimum Gasteiger partial charge on any atom is -0.365 e. The maximum Gasteiger partial charge on any atom is 0.416 e. The van der Waals surface area contributed by atoms with Gasteiger partial charge in [0.1, 0.15) is 11.6 Å². The molecule has 0 fully saturated rings. The molecule has 0 atom stereocenters. The van der Waals surface area contributed by atoms with Crippen molar-refractivity contribution in [1.29, 1.82) is 5.26 Å². The number of nitriles is 1. The Morgan fingerprint density at radius 3 is 2.41 bits per heavy atom. The monoisotopic (exact) mass is 240 g/mol. The van der Waals surface area contributed by atoms with Gasteiger partial charge in [0.05, 0.1) is 5.56 Å². The molecule has 0 saturated heterocycles. The van der Waals surface area contributed by atoms with Gasteiger partial charge < -0.3 is 5.73 Å². The molecule has 0 aliphatic rings. The fourth-order valence-corrected chi connectivity index (χ4v) is 1.20. The van der Waals surface area contributed by atoms with Crippen LogP contribution in [0, 0.1) is 11.3 Å². The number of amides is 1. The lowest BCUT2D eigenvalue weighted by Gasteiger charge is -2.09. The Morgan fingerprint density at radius 2 is 1.94 bits per heavy atom. The first-order valence-electron chi connectivity index (χ1n) is 4.44. The van der Waals surface area contributed by atoms with Gasteiger partial charge in [-0.15, -0.1) is 0 Å². The lowest BCUT2D eigenvalue weighted by molar-refractivity contribution is -0.137. The number of primary amides is 1. The topological polar surface area (TPSA) is 66.9 Å². The Kier molecular flexibility index (Phi) is 3.53. The third-order valence-corrected chi connectivity index (χ3v) is 1.95. The molecule has 6 heteroatoms. The Balaban J connectivity index is 3.34. The number of hydrogen-bond donors (Lipinski definition) is 1. The van der Waals surface area contributed by atoms with Gasteiger partial charge in [-0.3, -0.25) is 4.79 Å². The number of carbonyl (C=O) groups is 1. The van der Waals surface area contributed by atoms with Crippen molar-refractivity contribution in [3.05, 3.63) is 41.0 Å².